The molecule has 3 rings (SSSR count). The molecule has 2 amide bonds. The van der Waals surface area contributed by atoms with Crippen molar-refractivity contribution in [1.29, 1.82) is 0 Å². The minimum absolute atomic E-state index is 0.0309. The van der Waals surface area contributed by atoms with Gasteiger partial charge < -0.3 is 15.0 Å². The van der Waals surface area contributed by atoms with Gasteiger partial charge in [0.2, 0.25) is 11.8 Å². The molecule has 2 saturated heterocycles. The predicted molar refractivity (Wildman–Crippen MR) is 90.3 cm³/mol. The Hall–Kier alpha value is -2.48. The van der Waals surface area contributed by atoms with Crippen molar-refractivity contribution in [3.63, 3.8) is 0 Å². The standard InChI is InChI=1S/C17H21N3O5/c1-11-4-5-13(8-15(11)20(23)24)19-10-12(7-16(19)21)17(22)18-9-14-3-2-6-25-14/h4-5,8,12,14H,2-3,6-7,9-10H2,1H3,(H,18,22)/t12-,14-/m1/s1. The Morgan fingerprint density at radius 1 is 1.48 bits per heavy atom. The molecule has 1 aromatic rings. The maximum Gasteiger partial charge on any atom is 0.274 e. The van der Waals surface area contributed by atoms with Crippen LogP contribution in [0.1, 0.15) is 24.8 Å². The molecule has 0 radical (unpaired) electrons. The normalized spacial score (nSPS) is 23.1. The van der Waals surface area contributed by atoms with E-state index < -0.39 is 10.8 Å². The van der Waals surface area contributed by atoms with Crippen molar-refractivity contribution in [3.05, 3.63) is 33.9 Å². The van der Waals surface area contributed by atoms with Crippen LogP contribution in [0, 0.1) is 23.0 Å². The van der Waals surface area contributed by atoms with Crippen molar-refractivity contribution in [1.82, 2.24) is 5.32 Å². The number of nitro benzene ring substituents is 1. The topological polar surface area (TPSA) is 102 Å². The predicted octanol–water partition coefficient (Wildman–Crippen LogP) is 1.55. The number of nitrogens with one attached hydrogen (secondary N) is 1. The molecule has 25 heavy (non-hydrogen) atoms. The number of hydrogen-bond donors (Lipinski definition) is 1. The fraction of sp³-hybridized carbons (Fsp3) is 0.529. The lowest BCUT2D eigenvalue weighted by atomic mass is 10.1. The van der Waals surface area contributed by atoms with E-state index in [0.29, 0.717) is 17.8 Å². The third-order valence-electron chi connectivity index (χ3n) is 4.72. The fourth-order valence-corrected chi connectivity index (χ4v) is 3.26. The highest BCUT2D eigenvalue weighted by Crippen LogP contribution is 2.30. The lowest BCUT2D eigenvalue weighted by Crippen LogP contribution is -2.37. The fourth-order valence-electron chi connectivity index (χ4n) is 3.26. The average Bonchev–Trinajstić information content (AvgIpc) is 3.22. The van der Waals surface area contributed by atoms with Crippen molar-refractivity contribution in [2.75, 3.05) is 24.6 Å². The smallest absolute Gasteiger partial charge is 0.274 e. The number of anilines is 1. The largest absolute Gasteiger partial charge is 0.376 e. The van der Waals surface area contributed by atoms with Crippen LogP contribution < -0.4 is 10.2 Å². The SMILES string of the molecule is Cc1ccc(N2C[C@H](C(=O)NC[C@H]3CCCO3)CC2=O)cc1[N+](=O)[O-]. The summed E-state index contributed by atoms with van der Waals surface area (Å²) in [7, 11) is 0. The first-order chi connectivity index (χ1) is 12.0. The molecule has 1 N–H and O–H groups in total. The highest BCUT2D eigenvalue weighted by atomic mass is 16.6. The summed E-state index contributed by atoms with van der Waals surface area (Å²) in [6, 6.07) is 4.68. The Morgan fingerprint density at radius 2 is 2.28 bits per heavy atom. The molecule has 8 heteroatoms. The first kappa shape index (κ1) is 17.3. The molecule has 0 aliphatic carbocycles. The number of hydrogen-bond acceptors (Lipinski definition) is 5. The highest BCUT2D eigenvalue weighted by molar-refractivity contribution is 6.00. The van der Waals surface area contributed by atoms with Crippen LogP contribution in [0.3, 0.4) is 0 Å². The molecular formula is C17H21N3O5. The highest BCUT2D eigenvalue weighted by Gasteiger charge is 2.36. The van der Waals surface area contributed by atoms with Gasteiger partial charge in [-0.25, -0.2) is 0 Å². The van der Waals surface area contributed by atoms with Crippen molar-refractivity contribution >= 4 is 23.2 Å². The number of aryl methyl sites for hydroxylation is 1. The van der Waals surface area contributed by atoms with Crippen molar-refractivity contribution < 1.29 is 19.2 Å². The number of carbonyl (C=O) groups excluding carboxylic acids is 2. The molecule has 2 heterocycles. The van der Waals surface area contributed by atoms with Gasteiger partial charge in [0, 0.05) is 37.7 Å². The molecule has 0 bridgehead atoms. The molecule has 2 aliphatic heterocycles. The van der Waals surface area contributed by atoms with E-state index in [1.807, 2.05) is 0 Å². The molecule has 1 aromatic carbocycles. The summed E-state index contributed by atoms with van der Waals surface area (Å²) in [5.41, 5.74) is 0.958. The Balaban J connectivity index is 1.64. The maximum absolute atomic E-state index is 12.3. The number of amides is 2. The quantitative estimate of drug-likeness (QED) is 0.643. The first-order valence-corrected chi connectivity index (χ1v) is 8.40. The molecule has 2 fully saturated rings. The van der Waals surface area contributed by atoms with E-state index >= 15 is 0 Å². The minimum atomic E-state index is -0.467. The molecule has 0 spiro atoms. The van der Waals surface area contributed by atoms with Gasteiger partial charge >= 0.3 is 0 Å². The van der Waals surface area contributed by atoms with E-state index in [2.05, 4.69) is 5.32 Å². The van der Waals surface area contributed by atoms with Gasteiger partial charge in [0.15, 0.2) is 0 Å². The van der Waals surface area contributed by atoms with Crippen molar-refractivity contribution in [2.45, 2.75) is 32.3 Å². The second kappa shape index (κ2) is 7.18. The third-order valence-corrected chi connectivity index (χ3v) is 4.72. The van der Waals surface area contributed by atoms with Crippen LogP contribution in [0.2, 0.25) is 0 Å². The second-order valence-electron chi connectivity index (χ2n) is 6.51. The second-order valence-corrected chi connectivity index (χ2v) is 6.51. The summed E-state index contributed by atoms with van der Waals surface area (Å²) >= 11 is 0. The van der Waals surface area contributed by atoms with Crippen molar-refractivity contribution in [2.24, 2.45) is 5.92 Å². The Labute approximate surface area is 145 Å². The molecular weight excluding hydrogens is 326 g/mol. The summed E-state index contributed by atoms with van der Waals surface area (Å²) < 4.78 is 5.47. The summed E-state index contributed by atoms with van der Waals surface area (Å²) in [6.45, 7) is 3.06. The molecule has 2 atom stereocenters. The summed E-state index contributed by atoms with van der Waals surface area (Å²) in [5, 5.41) is 13.9. The van der Waals surface area contributed by atoms with Crippen LogP contribution in [0.4, 0.5) is 11.4 Å². The maximum atomic E-state index is 12.3. The van der Waals surface area contributed by atoms with Crippen LogP contribution in [-0.4, -0.2) is 42.5 Å². The first-order valence-electron chi connectivity index (χ1n) is 8.40. The van der Waals surface area contributed by atoms with E-state index in [9.17, 15) is 19.7 Å². The lowest BCUT2D eigenvalue weighted by molar-refractivity contribution is -0.385. The molecule has 2 aliphatic rings. The summed E-state index contributed by atoms with van der Waals surface area (Å²) in [6.07, 6.45) is 2.10. The van der Waals surface area contributed by atoms with Crippen LogP contribution in [0.5, 0.6) is 0 Å². The van der Waals surface area contributed by atoms with E-state index in [1.165, 1.54) is 11.0 Å². The molecule has 134 valence electrons. The lowest BCUT2D eigenvalue weighted by Gasteiger charge is -2.17. The molecule has 0 saturated carbocycles. The van der Waals surface area contributed by atoms with Gasteiger partial charge in [-0.15, -0.1) is 0 Å². The zero-order valence-electron chi connectivity index (χ0n) is 14.1. The zero-order valence-corrected chi connectivity index (χ0v) is 14.1. The number of carbonyl (C=O) groups is 2. The summed E-state index contributed by atoms with van der Waals surface area (Å²) in [5.74, 6) is -0.822. The van der Waals surface area contributed by atoms with Crippen LogP contribution in [0.15, 0.2) is 18.2 Å². The molecule has 0 aromatic heterocycles. The van der Waals surface area contributed by atoms with Gasteiger partial charge in [-0.05, 0) is 25.8 Å². The Morgan fingerprint density at radius 3 is 2.96 bits per heavy atom. The van der Waals surface area contributed by atoms with Gasteiger partial charge in [-0.3, -0.25) is 19.7 Å². The van der Waals surface area contributed by atoms with E-state index in [4.69, 9.17) is 4.74 Å². The summed E-state index contributed by atoms with van der Waals surface area (Å²) in [4.78, 5) is 36.6. The number of benzene rings is 1. The van der Waals surface area contributed by atoms with Crippen LogP contribution >= 0.6 is 0 Å². The number of ether oxygens (including phenoxy) is 1. The van der Waals surface area contributed by atoms with Gasteiger partial charge in [0.05, 0.1) is 22.6 Å². The number of nitro groups is 1. The average molecular weight is 347 g/mol. The van der Waals surface area contributed by atoms with Gasteiger partial charge in [-0.1, -0.05) is 6.07 Å². The Kier molecular flexibility index (Phi) is 4.98. The van der Waals surface area contributed by atoms with Crippen LogP contribution in [0.25, 0.3) is 0 Å². The Bertz CT molecular complexity index is 700. The van der Waals surface area contributed by atoms with Crippen molar-refractivity contribution in [3.8, 4) is 0 Å². The van der Waals surface area contributed by atoms with Crippen LogP contribution in [-0.2, 0) is 14.3 Å². The van der Waals surface area contributed by atoms with Gasteiger partial charge in [-0.2, -0.15) is 0 Å². The number of rotatable bonds is 5. The molecule has 0 unspecified atom stereocenters. The monoisotopic (exact) mass is 347 g/mol. The minimum Gasteiger partial charge on any atom is -0.376 e. The van der Waals surface area contributed by atoms with Gasteiger partial charge in [0.1, 0.15) is 0 Å². The van der Waals surface area contributed by atoms with Gasteiger partial charge in [0.25, 0.3) is 5.69 Å². The molecule has 8 nitrogen and oxygen atoms in total. The van der Waals surface area contributed by atoms with E-state index in [-0.39, 0.29) is 36.6 Å². The van der Waals surface area contributed by atoms with E-state index in [1.54, 1.807) is 19.1 Å². The van der Waals surface area contributed by atoms with E-state index in [0.717, 1.165) is 19.4 Å². The number of nitrogens with zero attached hydrogens (tertiary/aromatic N) is 2. The zero-order chi connectivity index (χ0) is 18.0. The third kappa shape index (κ3) is 3.79.